The molecule has 0 unspecified atom stereocenters. The normalized spacial score (nSPS) is 11.7. The van der Waals surface area contributed by atoms with Crippen molar-refractivity contribution >= 4 is 44.1 Å². The summed E-state index contributed by atoms with van der Waals surface area (Å²) in [7, 11) is -3.96. The summed E-state index contributed by atoms with van der Waals surface area (Å²) in [5, 5.41) is 9.65. The molecule has 4 aromatic carbocycles. The quantitative estimate of drug-likeness (QED) is 0.200. The van der Waals surface area contributed by atoms with E-state index in [-0.39, 0.29) is 18.0 Å². The van der Waals surface area contributed by atoms with Crippen molar-refractivity contribution < 1.29 is 13.2 Å². The van der Waals surface area contributed by atoms with Gasteiger partial charge < -0.3 is 5.32 Å². The van der Waals surface area contributed by atoms with Crippen LogP contribution in [0, 0.1) is 0 Å². The number of benzene rings is 4. The number of hydrogen-bond donors (Lipinski definition) is 1. The molecule has 1 aromatic heterocycles. The minimum absolute atomic E-state index is 0.187. The Morgan fingerprint density at radius 2 is 1.62 bits per heavy atom. The Balaban J connectivity index is 1.47. The number of rotatable bonds is 10. The molecule has 5 aromatic rings. The zero-order valence-corrected chi connectivity index (χ0v) is 23.6. The molecule has 7 nitrogen and oxygen atoms in total. The van der Waals surface area contributed by atoms with E-state index in [4.69, 9.17) is 16.7 Å². The van der Waals surface area contributed by atoms with E-state index >= 15 is 0 Å². The second kappa shape index (κ2) is 12.0. The van der Waals surface area contributed by atoms with Gasteiger partial charge in [0.25, 0.3) is 0 Å². The Morgan fingerprint density at radius 3 is 2.38 bits per heavy atom. The maximum absolute atomic E-state index is 13.9. The zero-order valence-electron chi connectivity index (χ0n) is 22.0. The van der Waals surface area contributed by atoms with Crippen LogP contribution in [0.1, 0.15) is 19.8 Å². The van der Waals surface area contributed by atoms with E-state index in [1.54, 1.807) is 53.2 Å². The van der Waals surface area contributed by atoms with Crippen molar-refractivity contribution in [3.05, 3.63) is 108 Å². The number of amides is 1. The Hall–Kier alpha value is -3.98. The van der Waals surface area contributed by atoms with Crippen LogP contribution in [0.4, 0.5) is 5.82 Å². The number of nitrogens with one attached hydrogen (secondary N) is 1. The first-order valence-electron chi connectivity index (χ1n) is 13.1. The van der Waals surface area contributed by atoms with Gasteiger partial charge in [-0.15, -0.1) is 0 Å². The molecule has 0 aliphatic heterocycles. The number of carbonyl (C=O) groups is 1. The molecule has 0 fully saturated rings. The molecule has 1 heterocycles. The minimum Gasteiger partial charge on any atom is -0.309 e. The molecule has 0 aliphatic rings. The summed E-state index contributed by atoms with van der Waals surface area (Å²) in [5.41, 5.74) is 2.25. The van der Waals surface area contributed by atoms with Gasteiger partial charge in [0.15, 0.2) is 0 Å². The lowest BCUT2D eigenvalue weighted by molar-refractivity contribution is -0.116. The van der Waals surface area contributed by atoms with Gasteiger partial charge in [0, 0.05) is 28.6 Å². The molecule has 0 atom stereocenters. The summed E-state index contributed by atoms with van der Waals surface area (Å²) in [6, 6.07) is 31.0. The maximum atomic E-state index is 13.9. The van der Waals surface area contributed by atoms with Crippen LogP contribution in [-0.2, 0) is 14.8 Å². The number of anilines is 1. The van der Waals surface area contributed by atoms with E-state index in [0.717, 1.165) is 17.4 Å². The van der Waals surface area contributed by atoms with Gasteiger partial charge in [0.1, 0.15) is 5.82 Å². The Kier molecular flexibility index (Phi) is 8.30. The highest BCUT2D eigenvalue weighted by atomic mass is 35.5. The highest BCUT2D eigenvalue weighted by molar-refractivity contribution is 7.89. The van der Waals surface area contributed by atoms with Crippen LogP contribution in [0.3, 0.4) is 0 Å². The third-order valence-corrected chi connectivity index (χ3v) is 8.72. The predicted octanol–water partition coefficient (Wildman–Crippen LogP) is 6.78. The molecule has 0 saturated heterocycles. The van der Waals surface area contributed by atoms with Crippen molar-refractivity contribution in [2.45, 2.75) is 24.7 Å². The first-order chi connectivity index (χ1) is 19.4. The van der Waals surface area contributed by atoms with Gasteiger partial charge >= 0.3 is 0 Å². The largest absolute Gasteiger partial charge is 0.309 e. The Labute approximate surface area is 239 Å². The number of unbranched alkanes of at least 4 members (excludes halogenated alkanes) is 1. The molecule has 0 aliphatic carbocycles. The monoisotopic (exact) mass is 572 g/mol. The van der Waals surface area contributed by atoms with Crippen LogP contribution in [0.25, 0.3) is 27.7 Å². The molecule has 9 heteroatoms. The summed E-state index contributed by atoms with van der Waals surface area (Å²) in [6.07, 6.45) is 1.41. The van der Waals surface area contributed by atoms with Crippen LogP contribution >= 0.6 is 11.6 Å². The van der Waals surface area contributed by atoms with Crippen LogP contribution in [0.5, 0.6) is 0 Å². The van der Waals surface area contributed by atoms with E-state index in [9.17, 15) is 13.2 Å². The van der Waals surface area contributed by atoms with E-state index < -0.39 is 15.9 Å². The number of hydrogen-bond acceptors (Lipinski definition) is 4. The first kappa shape index (κ1) is 27.6. The summed E-state index contributed by atoms with van der Waals surface area (Å²) < 4.78 is 30.6. The van der Waals surface area contributed by atoms with Crippen LogP contribution in [0.2, 0.25) is 5.02 Å². The molecular weight excluding hydrogens is 544 g/mol. The fraction of sp³-hybridized carbons (Fsp3) is 0.161. The first-order valence-corrected chi connectivity index (χ1v) is 14.9. The smallest absolute Gasteiger partial charge is 0.244 e. The topological polar surface area (TPSA) is 84.3 Å². The van der Waals surface area contributed by atoms with Gasteiger partial charge in [0.05, 0.1) is 22.8 Å². The Morgan fingerprint density at radius 1 is 0.925 bits per heavy atom. The summed E-state index contributed by atoms with van der Waals surface area (Å²) >= 11 is 6.09. The van der Waals surface area contributed by atoms with E-state index in [0.29, 0.717) is 34.0 Å². The fourth-order valence-corrected chi connectivity index (χ4v) is 6.30. The minimum atomic E-state index is -3.96. The van der Waals surface area contributed by atoms with E-state index in [1.165, 1.54) is 4.31 Å². The van der Waals surface area contributed by atoms with Crippen molar-refractivity contribution in [3.8, 4) is 16.9 Å². The van der Waals surface area contributed by atoms with Crippen molar-refractivity contribution in [1.29, 1.82) is 0 Å². The molecule has 0 saturated carbocycles. The van der Waals surface area contributed by atoms with E-state index in [2.05, 4.69) is 5.32 Å². The average molecular weight is 573 g/mol. The van der Waals surface area contributed by atoms with Gasteiger partial charge in [-0.2, -0.15) is 9.40 Å². The van der Waals surface area contributed by atoms with Gasteiger partial charge in [-0.25, -0.2) is 13.1 Å². The lowest BCUT2D eigenvalue weighted by Gasteiger charge is -2.22. The Bertz CT molecular complexity index is 1730. The van der Waals surface area contributed by atoms with Crippen molar-refractivity contribution in [1.82, 2.24) is 14.1 Å². The number of halogens is 1. The molecule has 0 radical (unpaired) electrons. The molecular formula is C31H29ClN4O3S. The molecule has 0 bridgehead atoms. The third kappa shape index (κ3) is 5.94. The number of carbonyl (C=O) groups excluding carboxylic acids is 1. The number of nitrogens with zero attached hydrogens (tertiary/aromatic N) is 3. The number of fused-ring (bicyclic) bond motifs is 1. The van der Waals surface area contributed by atoms with Crippen LogP contribution < -0.4 is 5.32 Å². The lowest BCUT2D eigenvalue weighted by Crippen LogP contribution is -2.39. The second-order valence-corrected chi connectivity index (χ2v) is 11.7. The van der Waals surface area contributed by atoms with Gasteiger partial charge in [-0.05, 0) is 42.1 Å². The second-order valence-electron chi connectivity index (χ2n) is 9.39. The van der Waals surface area contributed by atoms with E-state index in [1.807, 2.05) is 61.5 Å². The molecule has 5 rings (SSSR count). The highest BCUT2D eigenvalue weighted by Crippen LogP contribution is 2.28. The molecule has 1 amide bonds. The van der Waals surface area contributed by atoms with Crippen molar-refractivity contribution in [2.24, 2.45) is 0 Å². The number of aromatic nitrogens is 2. The SMILES string of the molecule is CCCCN(CC(=O)Nc1cc(-c2ccccc2)nn1-c1ccc(Cl)cc1)S(=O)(=O)c1cccc2ccccc12. The van der Waals surface area contributed by atoms with Gasteiger partial charge in [0.2, 0.25) is 15.9 Å². The van der Waals surface area contributed by atoms with Crippen molar-refractivity contribution in [2.75, 3.05) is 18.4 Å². The average Bonchev–Trinajstić information content (AvgIpc) is 3.39. The summed E-state index contributed by atoms with van der Waals surface area (Å²) in [4.78, 5) is 13.6. The molecule has 0 spiro atoms. The molecule has 1 N–H and O–H groups in total. The predicted molar refractivity (Wildman–Crippen MR) is 160 cm³/mol. The van der Waals surface area contributed by atoms with Crippen LogP contribution in [0.15, 0.2) is 108 Å². The molecule has 40 heavy (non-hydrogen) atoms. The number of sulfonamides is 1. The lowest BCUT2D eigenvalue weighted by atomic mass is 10.1. The summed E-state index contributed by atoms with van der Waals surface area (Å²) in [6.45, 7) is 1.87. The molecule has 204 valence electrons. The van der Waals surface area contributed by atoms with Crippen molar-refractivity contribution in [3.63, 3.8) is 0 Å². The fourth-order valence-electron chi connectivity index (χ4n) is 4.52. The highest BCUT2D eigenvalue weighted by Gasteiger charge is 2.28. The zero-order chi connectivity index (χ0) is 28.1. The maximum Gasteiger partial charge on any atom is 0.244 e. The third-order valence-electron chi connectivity index (χ3n) is 6.57. The van der Waals surface area contributed by atoms with Gasteiger partial charge in [-0.1, -0.05) is 91.7 Å². The summed E-state index contributed by atoms with van der Waals surface area (Å²) in [5.74, 6) is -0.0428. The van der Waals surface area contributed by atoms with Crippen LogP contribution in [-0.4, -0.2) is 41.5 Å². The van der Waals surface area contributed by atoms with Gasteiger partial charge in [-0.3, -0.25) is 4.79 Å². The standard InChI is InChI=1S/C31H29ClN4O3S/c1-2-3-20-35(40(38,39)29-15-9-13-23-10-7-8-14-27(23)29)22-31(37)33-30-21-28(24-11-5-4-6-12-24)34-36(30)26-18-16-25(32)17-19-26/h4-19,21H,2-3,20,22H2,1H3,(H,33,37).